The molecule has 2 nitrogen and oxygen atoms in total. The third-order valence-corrected chi connectivity index (χ3v) is 4.79. The van der Waals surface area contributed by atoms with Crippen molar-refractivity contribution in [2.24, 2.45) is 5.41 Å². The Morgan fingerprint density at radius 2 is 1.95 bits per heavy atom. The molecule has 2 N–H and O–H groups in total. The maximum Gasteiger partial charge on any atom is 0.0784 e. The van der Waals surface area contributed by atoms with Crippen LogP contribution in [0.3, 0.4) is 0 Å². The summed E-state index contributed by atoms with van der Waals surface area (Å²) in [6.45, 7) is 10.9. The second-order valence-corrected chi connectivity index (χ2v) is 7.10. The minimum Gasteiger partial charge on any atom is -0.392 e. The number of rotatable bonds is 6. The first-order chi connectivity index (χ1) is 9.77. The van der Waals surface area contributed by atoms with E-state index < -0.39 is 6.10 Å². The van der Waals surface area contributed by atoms with E-state index >= 15 is 0 Å². The molecule has 0 saturated heterocycles. The number of aliphatic hydroxyl groups is 2. The second-order valence-electron chi connectivity index (χ2n) is 7.10. The summed E-state index contributed by atoms with van der Waals surface area (Å²) in [6.07, 6.45) is 8.81. The minimum absolute atomic E-state index is 0.0432. The lowest BCUT2D eigenvalue weighted by Crippen LogP contribution is -2.20. The third kappa shape index (κ3) is 5.44. The van der Waals surface area contributed by atoms with Crippen LogP contribution in [0.15, 0.2) is 34.4 Å². The highest BCUT2D eigenvalue weighted by Gasteiger charge is 2.27. The Balaban J connectivity index is 2.73. The molecule has 0 heterocycles. The Bertz CT molecular complexity index is 438. The van der Waals surface area contributed by atoms with E-state index in [1.54, 1.807) is 11.6 Å². The van der Waals surface area contributed by atoms with E-state index in [0.717, 1.165) is 17.6 Å². The molecule has 120 valence electrons. The number of allylic oxidation sites excluding steroid dienone is 3. The highest BCUT2D eigenvalue weighted by molar-refractivity contribution is 5.26. The lowest BCUT2D eigenvalue weighted by molar-refractivity contribution is 0.210. The van der Waals surface area contributed by atoms with Crippen LogP contribution in [0.5, 0.6) is 0 Å². The van der Waals surface area contributed by atoms with Crippen molar-refractivity contribution in [1.29, 1.82) is 0 Å². The lowest BCUT2D eigenvalue weighted by Gasteiger charge is -2.34. The molecule has 0 fully saturated rings. The molecule has 0 saturated carbocycles. The molecular weight excluding hydrogens is 260 g/mol. The second kappa shape index (κ2) is 7.95. The quantitative estimate of drug-likeness (QED) is 0.706. The Kier molecular flexibility index (Phi) is 6.89. The number of aliphatic hydroxyl groups excluding tert-OH is 2. The van der Waals surface area contributed by atoms with Crippen LogP contribution in [0.1, 0.15) is 66.7 Å². The maximum atomic E-state index is 10.2. The minimum atomic E-state index is -0.444. The molecule has 1 aliphatic carbocycles. The van der Waals surface area contributed by atoms with Gasteiger partial charge in [-0.3, -0.25) is 0 Å². The zero-order valence-corrected chi connectivity index (χ0v) is 14.4. The summed E-state index contributed by atoms with van der Waals surface area (Å²) in [4.78, 5) is 0. The first-order valence-corrected chi connectivity index (χ1v) is 8.08. The fourth-order valence-electron chi connectivity index (χ4n) is 3.23. The number of hydrogen-bond donors (Lipinski definition) is 2. The molecule has 0 bridgehead atoms. The van der Waals surface area contributed by atoms with Crippen molar-refractivity contribution >= 4 is 0 Å². The SMILES string of the molecule is CC1=C(C/C=C(\C)C(O)C/C(C)=C/CO)C(C)(C)CCC1. The van der Waals surface area contributed by atoms with E-state index in [9.17, 15) is 5.11 Å². The predicted molar refractivity (Wildman–Crippen MR) is 90.2 cm³/mol. The van der Waals surface area contributed by atoms with Gasteiger partial charge in [-0.15, -0.1) is 0 Å². The Morgan fingerprint density at radius 3 is 2.52 bits per heavy atom. The zero-order chi connectivity index (χ0) is 16.0. The van der Waals surface area contributed by atoms with E-state index in [2.05, 4.69) is 26.8 Å². The van der Waals surface area contributed by atoms with Gasteiger partial charge in [-0.1, -0.05) is 42.7 Å². The van der Waals surface area contributed by atoms with Crippen molar-refractivity contribution in [2.45, 2.75) is 72.8 Å². The van der Waals surface area contributed by atoms with Gasteiger partial charge in [0, 0.05) is 0 Å². The van der Waals surface area contributed by atoms with Crippen LogP contribution in [0.4, 0.5) is 0 Å². The molecule has 1 atom stereocenters. The van der Waals surface area contributed by atoms with E-state index in [1.165, 1.54) is 24.8 Å². The van der Waals surface area contributed by atoms with E-state index in [4.69, 9.17) is 5.11 Å². The van der Waals surface area contributed by atoms with Crippen LogP contribution in [0.2, 0.25) is 0 Å². The predicted octanol–water partition coefficient (Wildman–Crippen LogP) is 4.54. The van der Waals surface area contributed by atoms with Crippen molar-refractivity contribution in [3.05, 3.63) is 34.4 Å². The fraction of sp³-hybridized carbons (Fsp3) is 0.684. The fourth-order valence-corrected chi connectivity index (χ4v) is 3.23. The third-order valence-electron chi connectivity index (χ3n) is 4.79. The van der Waals surface area contributed by atoms with Crippen LogP contribution >= 0.6 is 0 Å². The largest absolute Gasteiger partial charge is 0.392 e. The van der Waals surface area contributed by atoms with Crippen molar-refractivity contribution in [2.75, 3.05) is 6.61 Å². The average molecular weight is 292 g/mol. The Hall–Kier alpha value is -0.860. The van der Waals surface area contributed by atoms with E-state index in [-0.39, 0.29) is 12.0 Å². The van der Waals surface area contributed by atoms with E-state index in [0.29, 0.717) is 6.42 Å². The van der Waals surface area contributed by atoms with Crippen LogP contribution < -0.4 is 0 Å². The summed E-state index contributed by atoms with van der Waals surface area (Å²) in [6, 6.07) is 0. The van der Waals surface area contributed by atoms with Gasteiger partial charge in [0.05, 0.1) is 12.7 Å². The van der Waals surface area contributed by atoms with Gasteiger partial charge in [0.2, 0.25) is 0 Å². The van der Waals surface area contributed by atoms with Crippen molar-refractivity contribution in [3.63, 3.8) is 0 Å². The molecular formula is C19H32O2. The molecule has 1 rings (SSSR count). The lowest BCUT2D eigenvalue weighted by atomic mass is 9.71. The van der Waals surface area contributed by atoms with Crippen molar-refractivity contribution in [1.82, 2.24) is 0 Å². The van der Waals surface area contributed by atoms with Gasteiger partial charge < -0.3 is 10.2 Å². The van der Waals surface area contributed by atoms with Gasteiger partial charge >= 0.3 is 0 Å². The highest BCUT2D eigenvalue weighted by atomic mass is 16.3. The van der Waals surface area contributed by atoms with Crippen LogP contribution in [0, 0.1) is 5.41 Å². The molecule has 0 amide bonds. The molecule has 2 heteroatoms. The summed E-state index contributed by atoms with van der Waals surface area (Å²) in [5, 5.41) is 19.1. The number of hydrogen-bond acceptors (Lipinski definition) is 2. The summed E-state index contributed by atoms with van der Waals surface area (Å²) >= 11 is 0. The molecule has 0 aromatic heterocycles. The molecule has 0 aromatic carbocycles. The molecule has 1 unspecified atom stereocenters. The standard InChI is InChI=1S/C19H32O2/c1-14(10-12-20)13-18(21)16(3)8-9-17-15(2)7-6-11-19(17,4)5/h8,10,18,20-21H,6-7,9,11-13H2,1-5H3/b14-10+,16-8+. The van der Waals surface area contributed by atoms with Crippen LogP contribution in [-0.2, 0) is 0 Å². The van der Waals surface area contributed by atoms with Crippen molar-refractivity contribution in [3.8, 4) is 0 Å². The molecule has 0 radical (unpaired) electrons. The summed E-state index contributed by atoms with van der Waals surface area (Å²) in [7, 11) is 0. The zero-order valence-electron chi connectivity index (χ0n) is 14.4. The van der Waals surface area contributed by atoms with Crippen LogP contribution in [-0.4, -0.2) is 22.9 Å². The van der Waals surface area contributed by atoms with Crippen LogP contribution in [0.25, 0.3) is 0 Å². The first kappa shape index (κ1) is 18.2. The monoisotopic (exact) mass is 292 g/mol. The molecule has 0 aliphatic heterocycles. The van der Waals surface area contributed by atoms with Gasteiger partial charge in [-0.2, -0.15) is 0 Å². The van der Waals surface area contributed by atoms with Gasteiger partial charge in [0.1, 0.15) is 0 Å². The topological polar surface area (TPSA) is 40.5 Å². The van der Waals surface area contributed by atoms with Gasteiger partial charge in [-0.05, 0) is 63.9 Å². The highest BCUT2D eigenvalue weighted by Crippen LogP contribution is 2.42. The molecule has 21 heavy (non-hydrogen) atoms. The van der Waals surface area contributed by atoms with Crippen molar-refractivity contribution < 1.29 is 10.2 Å². The summed E-state index contributed by atoms with van der Waals surface area (Å²) < 4.78 is 0. The Labute approximate surface area is 130 Å². The maximum absolute atomic E-state index is 10.2. The summed E-state index contributed by atoms with van der Waals surface area (Å²) in [5.41, 5.74) is 5.43. The van der Waals surface area contributed by atoms with E-state index in [1.807, 2.05) is 13.8 Å². The summed E-state index contributed by atoms with van der Waals surface area (Å²) in [5.74, 6) is 0. The molecule has 0 aromatic rings. The first-order valence-electron chi connectivity index (χ1n) is 8.08. The molecule has 1 aliphatic rings. The van der Waals surface area contributed by atoms with Gasteiger partial charge in [0.25, 0.3) is 0 Å². The van der Waals surface area contributed by atoms with Gasteiger partial charge in [-0.25, -0.2) is 0 Å². The average Bonchev–Trinajstić information content (AvgIpc) is 2.37. The van der Waals surface area contributed by atoms with Gasteiger partial charge in [0.15, 0.2) is 0 Å². The molecule has 0 spiro atoms. The smallest absolute Gasteiger partial charge is 0.0784 e. The normalized spacial score (nSPS) is 21.7. The Morgan fingerprint density at radius 1 is 1.29 bits per heavy atom.